The summed E-state index contributed by atoms with van der Waals surface area (Å²) in [5.41, 5.74) is 0. The van der Waals surface area contributed by atoms with E-state index in [-0.39, 0.29) is 6.10 Å². The molecule has 3 nitrogen and oxygen atoms in total. The molecule has 0 radical (unpaired) electrons. The summed E-state index contributed by atoms with van der Waals surface area (Å²) in [6.45, 7) is 8.10. The highest BCUT2D eigenvalue weighted by molar-refractivity contribution is 4.87. The first kappa shape index (κ1) is 15.3. The first-order valence-corrected chi connectivity index (χ1v) is 8.04. The molecule has 1 N–H and O–H groups in total. The maximum absolute atomic E-state index is 10.4. The van der Waals surface area contributed by atoms with Crippen molar-refractivity contribution < 1.29 is 5.11 Å². The highest BCUT2D eigenvalue weighted by Crippen LogP contribution is 2.34. The number of likely N-dealkylation sites (tertiary alicyclic amines) is 1. The van der Waals surface area contributed by atoms with Gasteiger partial charge in [-0.2, -0.15) is 0 Å². The minimum absolute atomic E-state index is 0.0847. The van der Waals surface area contributed by atoms with Crippen molar-refractivity contribution in [3.05, 3.63) is 0 Å². The van der Waals surface area contributed by atoms with Gasteiger partial charge in [0.05, 0.1) is 6.10 Å². The third-order valence-corrected chi connectivity index (χ3v) is 5.32. The van der Waals surface area contributed by atoms with E-state index < -0.39 is 0 Å². The average Bonchev–Trinajstić information content (AvgIpc) is 2.34. The van der Waals surface area contributed by atoms with E-state index in [9.17, 15) is 5.11 Å². The average molecular weight is 268 g/mol. The smallest absolute Gasteiger partial charge is 0.0585 e. The van der Waals surface area contributed by atoms with Crippen molar-refractivity contribution in [1.82, 2.24) is 9.80 Å². The number of likely N-dealkylation sites (N-methyl/N-ethyl adjacent to an activating group) is 1. The molecule has 1 saturated carbocycles. The summed E-state index contributed by atoms with van der Waals surface area (Å²) in [6.07, 6.45) is 4.82. The van der Waals surface area contributed by atoms with Crippen molar-refractivity contribution in [2.45, 2.75) is 51.7 Å². The van der Waals surface area contributed by atoms with Crippen molar-refractivity contribution in [2.75, 3.05) is 33.7 Å². The van der Waals surface area contributed by atoms with E-state index >= 15 is 0 Å². The van der Waals surface area contributed by atoms with Crippen LogP contribution in [0.15, 0.2) is 0 Å². The van der Waals surface area contributed by atoms with Crippen LogP contribution in [0.1, 0.15) is 39.5 Å². The Labute approximate surface area is 119 Å². The molecule has 0 aromatic rings. The lowest BCUT2D eigenvalue weighted by Crippen LogP contribution is -2.49. The number of hydrogen-bond donors (Lipinski definition) is 1. The Morgan fingerprint density at radius 1 is 1.21 bits per heavy atom. The molecule has 19 heavy (non-hydrogen) atoms. The van der Waals surface area contributed by atoms with Gasteiger partial charge in [0, 0.05) is 25.0 Å². The molecule has 0 amide bonds. The highest BCUT2D eigenvalue weighted by atomic mass is 16.3. The maximum Gasteiger partial charge on any atom is 0.0585 e. The van der Waals surface area contributed by atoms with Crippen LogP contribution in [0.25, 0.3) is 0 Å². The molecule has 5 unspecified atom stereocenters. The molecular formula is C16H32N2O. The second kappa shape index (κ2) is 6.55. The first-order valence-electron chi connectivity index (χ1n) is 8.04. The number of aliphatic hydroxyl groups excluding tert-OH is 1. The van der Waals surface area contributed by atoms with E-state index in [0.717, 1.165) is 13.0 Å². The molecule has 3 heteroatoms. The lowest BCUT2D eigenvalue weighted by molar-refractivity contribution is -0.00999. The van der Waals surface area contributed by atoms with Crippen LogP contribution in [0.4, 0.5) is 0 Å². The van der Waals surface area contributed by atoms with Crippen LogP contribution in [0.3, 0.4) is 0 Å². The van der Waals surface area contributed by atoms with Gasteiger partial charge < -0.3 is 14.9 Å². The van der Waals surface area contributed by atoms with Gasteiger partial charge in [0.25, 0.3) is 0 Å². The Kier molecular flexibility index (Phi) is 5.27. The van der Waals surface area contributed by atoms with Crippen LogP contribution < -0.4 is 0 Å². The molecule has 2 fully saturated rings. The van der Waals surface area contributed by atoms with Gasteiger partial charge in [-0.1, -0.05) is 13.8 Å². The van der Waals surface area contributed by atoms with Gasteiger partial charge in [0.1, 0.15) is 0 Å². The lowest BCUT2D eigenvalue weighted by Gasteiger charge is -2.42. The first-order chi connectivity index (χ1) is 8.97. The second-order valence-electron chi connectivity index (χ2n) is 7.30. The molecule has 0 aromatic carbocycles. The van der Waals surface area contributed by atoms with Crippen LogP contribution in [0.5, 0.6) is 0 Å². The van der Waals surface area contributed by atoms with Crippen LogP contribution in [0.2, 0.25) is 0 Å². The molecular weight excluding hydrogens is 236 g/mol. The predicted molar refractivity (Wildman–Crippen MR) is 80.2 cm³/mol. The molecule has 5 atom stereocenters. The fourth-order valence-corrected chi connectivity index (χ4v) is 4.09. The van der Waals surface area contributed by atoms with Gasteiger partial charge in [-0.15, -0.1) is 0 Å². The molecule has 2 aliphatic rings. The van der Waals surface area contributed by atoms with Crippen molar-refractivity contribution >= 4 is 0 Å². The minimum atomic E-state index is -0.0847. The lowest BCUT2D eigenvalue weighted by atomic mass is 9.73. The van der Waals surface area contributed by atoms with Gasteiger partial charge in [-0.3, -0.25) is 0 Å². The number of hydrogen-bond acceptors (Lipinski definition) is 3. The molecule has 1 aliphatic heterocycles. The summed E-state index contributed by atoms with van der Waals surface area (Å²) in [7, 11) is 4.38. The summed E-state index contributed by atoms with van der Waals surface area (Å²) in [5, 5.41) is 10.4. The normalized spacial score (nSPS) is 41.7. The SMILES string of the molecule is CC1CC(C)C(CN2CCCC(N(C)C)C2)C(O)C1. The summed E-state index contributed by atoms with van der Waals surface area (Å²) >= 11 is 0. The Bertz CT molecular complexity index is 270. The quantitative estimate of drug-likeness (QED) is 0.849. The zero-order valence-electron chi connectivity index (χ0n) is 13.2. The monoisotopic (exact) mass is 268 g/mol. The Balaban J connectivity index is 1.89. The Hall–Kier alpha value is -0.120. The van der Waals surface area contributed by atoms with Crippen molar-refractivity contribution in [1.29, 1.82) is 0 Å². The summed E-state index contributed by atoms with van der Waals surface area (Å²) in [6, 6.07) is 0.698. The number of aliphatic hydroxyl groups is 1. The largest absolute Gasteiger partial charge is 0.393 e. The maximum atomic E-state index is 10.4. The Morgan fingerprint density at radius 2 is 1.95 bits per heavy atom. The number of rotatable bonds is 3. The predicted octanol–water partition coefficient (Wildman–Crippen LogP) is 2.06. The molecule has 0 aromatic heterocycles. The van der Waals surface area contributed by atoms with Gasteiger partial charge in [-0.25, -0.2) is 0 Å². The summed E-state index contributed by atoms with van der Waals surface area (Å²) < 4.78 is 0. The van der Waals surface area contributed by atoms with E-state index in [4.69, 9.17) is 0 Å². The van der Waals surface area contributed by atoms with Crippen LogP contribution >= 0.6 is 0 Å². The van der Waals surface area contributed by atoms with E-state index in [1.165, 1.54) is 32.4 Å². The topological polar surface area (TPSA) is 26.7 Å². The van der Waals surface area contributed by atoms with Gasteiger partial charge >= 0.3 is 0 Å². The molecule has 0 bridgehead atoms. The van der Waals surface area contributed by atoms with Crippen molar-refractivity contribution in [3.8, 4) is 0 Å². The van der Waals surface area contributed by atoms with Crippen molar-refractivity contribution in [2.24, 2.45) is 17.8 Å². The zero-order chi connectivity index (χ0) is 14.0. The zero-order valence-corrected chi connectivity index (χ0v) is 13.2. The molecule has 0 spiro atoms. The second-order valence-corrected chi connectivity index (χ2v) is 7.30. The minimum Gasteiger partial charge on any atom is -0.393 e. The van der Waals surface area contributed by atoms with Gasteiger partial charge in [0.2, 0.25) is 0 Å². The molecule has 2 rings (SSSR count). The van der Waals surface area contributed by atoms with E-state index in [0.29, 0.717) is 23.8 Å². The summed E-state index contributed by atoms with van der Waals surface area (Å²) in [5.74, 6) is 1.84. The van der Waals surface area contributed by atoms with E-state index in [1.807, 2.05) is 0 Å². The summed E-state index contributed by atoms with van der Waals surface area (Å²) in [4.78, 5) is 4.95. The fraction of sp³-hybridized carbons (Fsp3) is 1.00. The van der Waals surface area contributed by atoms with Gasteiger partial charge in [0.15, 0.2) is 0 Å². The highest BCUT2D eigenvalue weighted by Gasteiger charge is 2.34. The number of piperidine rings is 1. The van der Waals surface area contributed by atoms with E-state index in [1.54, 1.807) is 0 Å². The van der Waals surface area contributed by atoms with Crippen LogP contribution in [0, 0.1) is 17.8 Å². The Morgan fingerprint density at radius 3 is 2.58 bits per heavy atom. The molecule has 1 saturated heterocycles. The third-order valence-electron chi connectivity index (χ3n) is 5.32. The standard InChI is InChI=1S/C16H32N2O/c1-12-8-13(2)15(16(19)9-12)11-18-7-5-6-14(10-18)17(3)4/h12-16,19H,5-11H2,1-4H3. The molecule has 112 valence electrons. The van der Waals surface area contributed by atoms with Crippen LogP contribution in [-0.2, 0) is 0 Å². The van der Waals surface area contributed by atoms with Crippen LogP contribution in [-0.4, -0.2) is 60.8 Å². The van der Waals surface area contributed by atoms with E-state index in [2.05, 4.69) is 37.7 Å². The van der Waals surface area contributed by atoms with Gasteiger partial charge in [-0.05, 0) is 58.2 Å². The fourth-order valence-electron chi connectivity index (χ4n) is 4.09. The van der Waals surface area contributed by atoms with Crippen molar-refractivity contribution in [3.63, 3.8) is 0 Å². The molecule has 1 aliphatic carbocycles. The third kappa shape index (κ3) is 3.93. The molecule has 1 heterocycles. The number of nitrogens with zero attached hydrogens (tertiary/aromatic N) is 2.